The average Bonchev–Trinajstić information content (AvgIpc) is 1.87. The predicted octanol–water partition coefficient (Wildman–Crippen LogP) is -0.633. The van der Waals surface area contributed by atoms with Crippen LogP contribution in [0.1, 0.15) is 0 Å². The Morgan fingerprint density at radius 3 is 2.80 bits per heavy atom. The highest BCUT2D eigenvalue weighted by Crippen LogP contribution is 1.60. The molecule has 56 valence electrons. The molecule has 0 spiro atoms. The van der Waals surface area contributed by atoms with Gasteiger partial charge in [-0.1, -0.05) is 0 Å². The highest BCUT2D eigenvalue weighted by molar-refractivity contribution is 5.64. The second-order valence-electron chi connectivity index (χ2n) is 1.57. The topological polar surface area (TPSA) is 85.2 Å². The van der Waals surface area contributed by atoms with Crippen molar-refractivity contribution in [3.8, 4) is 6.07 Å². The SMILES string of the molecule is N#CCNCCNC(=O)O. The van der Waals surface area contributed by atoms with Gasteiger partial charge in [-0.15, -0.1) is 0 Å². The molecule has 0 rings (SSSR count). The Morgan fingerprint density at radius 1 is 1.60 bits per heavy atom. The molecular formula is C5H9N3O2. The number of amides is 1. The molecular weight excluding hydrogens is 134 g/mol. The first-order valence-corrected chi connectivity index (χ1v) is 2.82. The predicted molar refractivity (Wildman–Crippen MR) is 34.5 cm³/mol. The zero-order valence-corrected chi connectivity index (χ0v) is 5.42. The minimum atomic E-state index is -1.04. The lowest BCUT2D eigenvalue weighted by Gasteiger charge is -1.98. The van der Waals surface area contributed by atoms with E-state index in [1.807, 2.05) is 6.07 Å². The van der Waals surface area contributed by atoms with Crippen molar-refractivity contribution in [1.82, 2.24) is 10.6 Å². The zero-order valence-electron chi connectivity index (χ0n) is 5.42. The first kappa shape index (κ1) is 8.72. The average molecular weight is 143 g/mol. The highest BCUT2D eigenvalue weighted by atomic mass is 16.4. The quantitative estimate of drug-likeness (QED) is 0.361. The minimum Gasteiger partial charge on any atom is -0.465 e. The monoisotopic (exact) mass is 143 g/mol. The van der Waals surface area contributed by atoms with E-state index in [1.165, 1.54) is 0 Å². The number of hydrogen-bond acceptors (Lipinski definition) is 3. The van der Waals surface area contributed by atoms with Crippen LogP contribution in [0.4, 0.5) is 4.79 Å². The molecule has 10 heavy (non-hydrogen) atoms. The summed E-state index contributed by atoms with van der Waals surface area (Å²) in [7, 11) is 0. The molecule has 0 heterocycles. The van der Waals surface area contributed by atoms with Crippen LogP contribution in [0.2, 0.25) is 0 Å². The molecule has 0 bridgehead atoms. The Labute approximate surface area is 58.6 Å². The Morgan fingerprint density at radius 2 is 2.30 bits per heavy atom. The maximum atomic E-state index is 9.83. The summed E-state index contributed by atoms with van der Waals surface area (Å²) < 4.78 is 0. The molecule has 0 saturated heterocycles. The molecule has 0 aliphatic rings. The minimum absolute atomic E-state index is 0.251. The molecule has 5 heteroatoms. The number of nitrogens with one attached hydrogen (secondary N) is 2. The van der Waals surface area contributed by atoms with Gasteiger partial charge >= 0.3 is 6.09 Å². The Balaban J connectivity index is 2.92. The third-order valence-electron chi connectivity index (χ3n) is 0.782. The Bertz CT molecular complexity index is 140. The summed E-state index contributed by atoms with van der Waals surface area (Å²) in [5.41, 5.74) is 0. The van der Waals surface area contributed by atoms with Gasteiger partial charge in [0.25, 0.3) is 0 Å². The molecule has 1 amide bonds. The van der Waals surface area contributed by atoms with E-state index in [-0.39, 0.29) is 6.54 Å². The summed E-state index contributed by atoms with van der Waals surface area (Å²) in [4.78, 5) is 9.83. The number of nitrogens with zero attached hydrogens (tertiary/aromatic N) is 1. The maximum Gasteiger partial charge on any atom is 0.404 e. The van der Waals surface area contributed by atoms with Crippen LogP contribution < -0.4 is 10.6 Å². The third-order valence-corrected chi connectivity index (χ3v) is 0.782. The van der Waals surface area contributed by atoms with Crippen LogP contribution >= 0.6 is 0 Å². The van der Waals surface area contributed by atoms with Crippen molar-refractivity contribution >= 4 is 6.09 Å². The van der Waals surface area contributed by atoms with Crippen LogP contribution in [-0.2, 0) is 0 Å². The van der Waals surface area contributed by atoms with E-state index in [0.717, 1.165) is 0 Å². The fourth-order valence-corrected chi connectivity index (χ4v) is 0.402. The van der Waals surface area contributed by atoms with Crippen molar-refractivity contribution in [3.63, 3.8) is 0 Å². The van der Waals surface area contributed by atoms with E-state index < -0.39 is 6.09 Å². The van der Waals surface area contributed by atoms with Crippen LogP contribution in [0.3, 0.4) is 0 Å². The van der Waals surface area contributed by atoms with Crippen molar-refractivity contribution in [3.05, 3.63) is 0 Å². The van der Waals surface area contributed by atoms with E-state index in [1.54, 1.807) is 0 Å². The molecule has 0 aromatic rings. The molecule has 0 saturated carbocycles. The second kappa shape index (κ2) is 5.85. The van der Waals surface area contributed by atoms with Crippen LogP contribution in [0.5, 0.6) is 0 Å². The standard InChI is InChI=1S/C5H9N3O2/c6-1-2-7-3-4-8-5(9)10/h7-8H,2-4H2,(H,9,10). The van der Waals surface area contributed by atoms with Crippen LogP contribution in [0.15, 0.2) is 0 Å². The van der Waals surface area contributed by atoms with Crippen molar-refractivity contribution in [2.75, 3.05) is 19.6 Å². The lowest BCUT2D eigenvalue weighted by molar-refractivity contribution is 0.194. The molecule has 0 fully saturated rings. The summed E-state index contributed by atoms with van der Waals surface area (Å²) in [6.07, 6.45) is -1.04. The van der Waals surface area contributed by atoms with Crippen molar-refractivity contribution in [1.29, 1.82) is 5.26 Å². The lowest BCUT2D eigenvalue weighted by atomic mass is 10.6. The molecule has 0 unspecified atom stereocenters. The van der Waals surface area contributed by atoms with Gasteiger partial charge in [0, 0.05) is 13.1 Å². The van der Waals surface area contributed by atoms with Crippen LogP contribution in [-0.4, -0.2) is 30.8 Å². The summed E-state index contributed by atoms with van der Waals surface area (Å²) in [5, 5.41) is 20.9. The van der Waals surface area contributed by atoms with E-state index in [2.05, 4.69) is 10.6 Å². The maximum absolute atomic E-state index is 9.83. The van der Waals surface area contributed by atoms with Gasteiger partial charge in [0.05, 0.1) is 12.6 Å². The molecule has 3 N–H and O–H groups in total. The van der Waals surface area contributed by atoms with Crippen molar-refractivity contribution in [2.24, 2.45) is 0 Å². The number of carbonyl (C=O) groups is 1. The molecule has 0 aliphatic heterocycles. The van der Waals surface area contributed by atoms with Crippen LogP contribution in [0, 0.1) is 11.3 Å². The van der Waals surface area contributed by atoms with Gasteiger partial charge in [-0.05, 0) is 0 Å². The third kappa shape index (κ3) is 6.72. The summed E-state index contributed by atoms with van der Waals surface area (Å²) in [5.74, 6) is 0. The zero-order chi connectivity index (χ0) is 7.82. The number of carboxylic acid groups (broad SMARTS) is 1. The first-order valence-electron chi connectivity index (χ1n) is 2.82. The molecule has 0 atom stereocenters. The van der Waals surface area contributed by atoms with Gasteiger partial charge < -0.3 is 15.7 Å². The van der Waals surface area contributed by atoms with Crippen molar-refractivity contribution < 1.29 is 9.90 Å². The fraction of sp³-hybridized carbons (Fsp3) is 0.600. The summed E-state index contributed by atoms with van der Waals surface area (Å²) in [6, 6.07) is 1.87. The largest absolute Gasteiger partial charge is 0.465 e. The highest BCUT2D eigenvalue weighted by Gasteiger charge is 1.90. The second-order valence-corrected chi connectivity index (χ2v) is 1.57. The van der Waals surface area contributed by atoms with Gasteiger partial charge in [-0.2, -0.15) is 5.26 Å². The summed E-state index contributed by atoms with van der Waals surface area (Å²) in [6.45, 7) is 1.07. The first-order chi connectivity index (χ1) is 4.77. The van der Waals surface area contributed by atoms with E-state index in [4.69, 9.17) is 10.4 Å². The molecule has 5 nitrogen and oxygen atoms in total. The van der Waals surface area contributed by atoms with Crippen molar-refractivity contribution in [2.45, 2.75) is 0 Å². The fourth-order valence-electron chi connectivity index (χ4n) is 0.402. The van der Waals surface area contributed by atoms with E-state index >= 15 is 0 Å². The van der Waals surface area contributed by atoms with Gasteiger partial charge in [0.2, 0.25) is 0 Å². The number of rotatable bonds is 4. The van der Waals surface area contributed by atoms with E-state index in [0.29, 0.717) is 13.1 Å². The Hall–Kier alpha value is -1.28. The van der Waals surface area contributed by atoms with Gasteiger partial charge in [-0.3, -0.25) is 0 Å². The smallest absolute Gasteiger partial charge is 0.404 e. The number of nitriles is 1. The van der Waals surface area contributed by atoms with Gasteiger partial charge in [0.1, 0.15) is 0 Å². The molecule has 0 radical (unpaired) electrons. The van der Waals surface area contributed by atoms with E-state index in [9.17, 15) is 4.79 Å². The van der Waals surface area contributed by atoms with Gasteiger partial charge in [0.15, 0.2) is 0 Å². The van der Waals surface area contributed by atoms with Gasteiger partial charge in [-0.25, -0.2) is 4.79 Å². The summed E-state index contributed by atoms with van der Waals surface area (Å²) >= 11 is 0. The molecule has 0 aromatic heterocycles. The molecule has 0 aliphatic carbocycles. The Kier molecular flexibility index (Phi) is 5.10. The lowest BCUT2D eigenvalue weighted by Crippen LogP contribution is -2.30. The molecule has 0 aromatic carbocycles. The van der Waals surface area contributed by atoms with Crippen LogP contribution in [0.25, 0.3) is 0 Å². The normalized spacial score (nSPS) is 8.30. The number of hydrogen-bond donors (Lipinski definition) is 3.